The van der Waals surface area contributed by atoms with E-state index in [-0.39, 0.29) is 32.9 Å². The Morgan fingerprint density at radius 3 is 2.42 bits per heavy atom. The minimum atomic E-state index is -0.589. The van der Waals surface area contributed by atoms with E-state index in [1.165, 1.54) is 18.2 Å². The van der Waals surface area contributed by atoms with E-state index in [4.69, 9.17) is 39.5 Å². The smallest absolute Gasteiger partial charge is 0.337 e. The number of hydrogen-bond acceptors (Lipinski definition) is 5. The van der Waals surface area contributed by atoms with E-state index in [0.717, 1.165) is 0 Å². The van der Waals surface area contributed by atoms with Gasteiger partial charge < -0.3 is 4.74 Å². The molecule has 26 heavy (non-hydrogen) atoms. The maximum Gasteiger partial charge on any atom is 0.337 e. The normalized spacial score (nSPS) is 11.3. The number of quaternary nitrogens is 1. The molecule has 0 bridgehead atoms. The highest BCUT2D eigenvalue weighted by atomic mass is 79.9. The first-order valence-electron chi connectivity index (χ1n) is 7.13. The zero-order chi connectivity index (χ0) is 19.6. The molecule has 11 heteroatoms. The molecular formula is C15H15BrCl3N4O3+. The van der Waals surface area contributed by atoms with E-state index in [0.29, 0.717) is 14.1 Å². The van der Waals surface area contributed by atoms with Crippen molar-refractivity contribution < 1.29 is 14.3 Å². The number of halogens is 4. The van der Waals surface area contributed by atoms with Gasteiger partial charge in [-0.2, -0.15) is 0 Å². The zero-order valence-electron chi connectivity index (χ0n) is 13.9. The second-order valence-corrected chi connectivity index (χ2v) is 8.16. The maximum atomic E-state index is 11.7. The molecule has 0 heterocycles. The van der Waals surface area contributed by atoms with Gasteiger partial charge in [-0.1, -0.05) is 40.3 Å². The van der Waals surface area contributed by atoms with Crippen LogP contribution in [0.25, 0.3) is 0 Å². The van der Waals surface area contributed by atoms with Crippen LogP contribution < -0.4 is 15.7 Å². The van der Waals surface area contributed by atoms with Crippen LogP contribution in [-0.2, 0) is 0 Å². The first kappa shape index (κ1) is 21.0. The van der Waals surface area contributed by atoms with Crippen molar-refractivity contribution in [1.29, 1.82) is 0 Å². The van der Waals surface area contributed by atoms with Crippen LogP contribution in [0, 0.1) is 10.1 Å². The van der Waals surface area contributed by atoms with Crippen molar-refractivity contribution in [2.24, 2.45) is 0 Å². The second-order valence-electron chi connectivity index (χ2n) is 6.08. The number of nitrogens with one attached hydrogen (secondary N) is 2. The molecule has 2 N–H and O–H groups in total. The molecule has 2 aromatic rings. The van der Waals surface area contributed by atoms with Crippen LogP contribution >= 0.6 is 50.7 Å². The lowest BCUT2D eigenvalue weighted by atomic mass is 10.2. The summed E-state index contributed by atoms with van der Waals surface area (Å²) in [6.45, 7) is 0. The Morgan fingerprint density at radius 1 is 1.19 bits per heavy atom. The molecule has 0 saturated heterocycles. The highest BCUT2D eigenvalue weighted by molar-refractivity contribution is 9.10. The van der Waals surface area contributed by atoms with Gasteiger partial charge in [0.1, 0.15) is 11.4 Å². The standard InChI is InChI=1S/C15H15BrCl3N4O3/c1-23(2,3)21-20-11-5-4-10(18)15(14(11)22(24)25)26-12-7-8(17)6-9(16)13(12)19/h4-7,20-21H,1-3H3/q+1. The van der Waals surface area contributed by atoms with Gasteiger partial charge in [0.2, 0.25) is 5.75 Å². The third-order valence-corrected chi connectivity index (χ3v) is 4.72. The number of hydrogen-bond donors (Lipinski definition) is 2. The second kappa shape index (κ2) is 8.16. The molecule has 0 saturated carbocycles. The molecule has 0 aliphatic heterocycles. The van der Waals surface area contributed by atoms with Crippen LogP contribution in [-0.4, -0.2) is 30.7 Å². The predicted octanol–water partition coefficient (Wildman–Crippen LogP) is 5.65. The summed E-state index contributed by atoms with van der Waals surface area (Å²) in [5.41, 5.74) is 5.54. The summed E-state index contributed by atoms with van der Waals surface area (Å²) in [5.74, 6) is -0.0197. The molecule has 2 aromatic carbocycles. The first-order valence-corrected chi connectivity index (χ1v) is 9.06. The van der Waals surface area contributed by atoms with Crippen molar-refractivity contribution in [2.75, 3.05) is 26.6 Å². The maximum absolute atomic E-state index is 11.7. The minimum Gasteiger partial charge on any atom is -0.447 e. The van der Waals surface area contributed by atoms with Crippen LogP contribution in [0.15, 0.2) is 28.7 Å². The molecule has 2 rings (SSSR count). The first-order chi connectivity index (χ1) is 12.0. The number of rotatable bonds is 6. The van der Waals surface area contributed by atoms with Gasteiger partial charge in [-0.3, -0.25) is 15.5 Å². The highest BCUT2D eigenvalue weighted by Gasteiger charge is 2.27. The molecule has 0 unspecified atom stereocenters. The number of ether oxygens (including phenoxy) is 1. The van der Waals surface area contributed by atoms with Crippen molar-refractivity contribution in [3.8, 4) is 11.5 Å². The average molecular weight is 486 g/mol. The lowest BCUT2D eigenvalue weighted by Gasteiger charge is -2.24. The van der Waals surface area contributed by atoms with E-state index in [9.17, 15) is 10.1 Å². The third-order valence-electron chi connectivity index (χ3n) is 2.96. The molecule has 0 fully saturated rings. The Kier molecular flexibility index (Phi) is 6.60. The van der Waals surface area contributed by atoms with Crippen molar-refractivity contribution in [2.45, 2.75) is 0 Å². The van der Waals surface area contributed by atoms with Crippen LogP contribution in [0.3, 0.4) is 0 Å². The Labute approximate surface area is 173 Å². The van der Waals surface area contributed by atoms with Gasteiger partial charge in [0.25, 0.3) is 0 Å². The van der Waals surface area contributed by atoms with Gasteiger partial charge in [0, 0.05) is 15.6 Å². The van der Waals surface area contributed by atoms with E-state index in [2.05, 4.69) is 26.9 Å². The molecule has 0 amide bonds. The molecule has 140 valence electrons. The molecular weight excluding hydrogens is 470 g/mol. The lowest BCUT2D eigenvalue weighted by Crippen LogP contribution is -2.51. The minimum absolute atomic E-state index is 0.0552. The van der Waals surface area contributed by atoms with Crippen LogP contribution in [0.4, 0.5) is 11.4 Å². The fraction of sp³-hybridized carbons (Fsp3) is 0.200. The van der Waals surface area contributed by atoms with Crippen molar-refractivity contribution in [3.05, 3.63) is 53.9 Å². The Balaban J connectivity index is 2.52. The summed E-state index contributed by atoms with van der Waals surface area (Å²) in [5, 5.41) is 12.3. The molecule has 0 spiro atoms. The van der Waals surface area contributed by atoms with Crippen molar-refractivity contribution in [3.63, 3.8) is 0 Å². The van der Waals surface area contributed by atoms with Crippen LogP contribution in [0.2, 0.25) is 15.1 Å². The Morgan fingerprint density at radius 2 is 1.85 bits per heavy atom. The van der Waals surface area contributed by atoms with Gasteiger partial charge in [0.15, 0.2) is 0 Å². The predicted molar refractivity (Wildman–Crippen MR) is 107 cm³/mol. The SMILES string of the molecule is C[N+](C)(C)NNc1ccc(Cl)c(Oc2cc(Cl)cc(Br)c2Cl)c1[N+](=O)[O-]. The monoisotopic (exact) mass is 483 g/mol. The fourth-order valence-electron chi connectivity index (χ4n) is 1.87. The highest BCUT2D eigenvalue weighted by Crippen LogP contribution is 2.45. The summed E-state index contributed by atoms with van der Waals surface area (Å²) >= 11 is 21.6. The molecule has 0 aromatic heterocycles. The topological polar surface area (TPSA) is 76.4 Å². The molecule has 7 nitrogen and oxygen atoms in total. The zero-order valence-corrected chi connectivity index (χ0v) is 17.8. The van der Waals surface area contributed by atoms with Gasteiger partial charge in [-0.05, 0) is 34.1 Å². The summed E-state index contributed by atoms with van der Waals surface area (Å²) in [6.07, 6.45) is 0. The number of hydrazine groups is 1. The Bertz CT molecular complexity index is 859. The molecule has 0 atom stereocenters. The van der Waals surface area contributed by atoms with Crippen molar-refractivity contribution in [1.82, 2.24) is 5.53 Å². The van der Waals surface area contributed by atoms with Gasteiger partial charge in [-0.25, -0.2) is 4.59 Å². The fourth-order valence-corrected chi connectivity index (χ4v) is 2.99. The number of benzene rings is 2. The van der Waals surface area contributed by atoms with Gasteiger partial charge in [-0.15, -0.1) is 0 Å². The Hall–Kier alpha value is -1.29. The summed E-state index contributed by atoms with van der Waals surface area (Å²) < 4.78 is 6.47. The number of nitro benzene ring substituents is 1. The van der Waals surface area contributed by atoms with E-state index < -0.39 is 4.92 Å². The number of anilines is 1. The molecule has 0 aliphatic rings. The van der Waals surface area contributed by atoms with E-state index in [1.807, 2.05) is 21.1 Å². The molecule has 0 aliphatic carbocycles. The van der Waals surface area contributed by atoms with Crippen molar-refractivity contribution >= 4 is 62.1 Å². The summed E-state index contributed by atoms with van der Waals surface area (Å²) in [4.78, 5) is 11.1. The van der Waals surface area contributed by atoms with E-state index in [1.54, 1.807) is 6.07 Å². The molecule has 0 radical (unpaired) electrons. The number of nitro groups is 1. The summed E-state index contributed by atoms with van der Waals surface area (Å²) in [6, 6.07) is 5.98. The lowest BCUT2D eigenvalue weighted by molar-refractivity contribution is -0.912. The van der Waals surface area contributed by atoms with E-state index >= 15 is 0 Å². The third kappa shape index (κ3) is 5.12. The number of nitrogens with zero attached hydrogens (tertiary/aromatic N) is 2. The summed E-state index contributed by atoms with van der Waals surface area (Å²) in [7, 11) is 5.53. The van der Waals surface area contributed by atoms with Crippen LogP contribution in [0.5, 0.6) is 11.5 Å². The van der Waals surface area contributed by atoms with Gasteiger partial charge >= 0.3 is 5.69 Å². The largest absolute Gasteiger partial charge is 0.447 e. The van der Waals surface area contributed by atoms with Crippen LogP contribution in [0.1, 0.15) is 0 Å². The average Bonchev–Trinajstić information content (AvgIpc) is 2.51. The quantitative estimate of drug-likeness (QED) is 0.239. The van der Waals surface area contributed by atoms with Gasteiger partial charge in [0.05, 0.1) is 36.1 Å².